The average molecular weight is 367 g/mol. The summed E-state index contributed by atoms with van der Waals surface area (Å²) in [6.07, 6.45) is 2.03. The highest BCUT2D eigenvalue weighted by molar-refractivity contribution is 9.10. The van der Waals surface area contributed by atoms with E-state index in [1.54, 1.807) is 0 Å². The third kappa shape index (κ3) is 4.32. The molecule has 0 radical (unpaired) electrons. The summed E-state index contributed by atoms with van der Waals surface area (Å²) in [4.78, 5) is 0. The molecule has 0 saturated carbocycles. The Labute approximate surface area is 140 Å². The van der Waals surface area contributed by atoms with E-state index in [1.165, 1.54) is 11.1 Å². The first-order chi connectivity index (χ1) is 10.1. The van der Waals surface area contributed by atoms with Crippen molar-refractivity contribution in [1.82, 2.24) is 5.32 Å². The second-order valence-corrected chi connectivity index (χ2v) is 6.51. The van der Waals surface area contributed by atoms with Crippen LogP contribution in [0.3, 0.4) is 0 Å². The summed E-state index contributed by atoms with van der Waals surface area (Å²) in [6, 6.07) is 14.9. The molecule has 2 aromatic carbocycles. The van der Waals surface area contributed by atoms with E-state index in [2.05, 4.69) is 71.5 Å². The van der Waals surface area contributed by atoms with E-state index in [4.69, 9.17) is 11.6 Å². The van der Waals surface area contributed by atoms with Crippen molar-refractivity contribution in [1.29, 1.82) is 0 Å². The Morgan fingerprint density at radius 1 is 1.14 bits per heavy atom. The van der Waals surface area contributed by atoms with E-state index in [-0.39, 0.29) is 6.04 Å². The fraction of sp³-hybridized carbons (Fsp3) is 0.333. The van der Waals surface area contributed by atoms with Gasteiger partial charge in [-0.05, 0) is 49.1 Å². The second kappa shape index (κ2) is 7.98. The molecule has 2 aromatic rings. The Morgan fingerprint density at radius 3 is 2.62 bits per heavy atom. The Kier molecular flexibility index (Phi) is 6.28. The zero-order valence-corrected chi connectivity index (χ0v) is 14.8. The maximum atomic E-state index is 6.52. The van der Waals surface area contributed by atoms with Gasteiger partial charge in [-0.3, -0.25) is 0 Å². The molecule has 0 aromatic heterocycles. The third-order valence-corrected chi connectivity index (χ3v) is 4.91. The highest BCUT2D eigenvalue weighted by Crippen LogP contribution is 2.30. The number of hydrogen-bond donors (Lipinski definition) is 1. The minimum Gasteiger partial charge on any atom is -0.310 e. The zero-order valence-electron chi connectivity index (χ0n) is 12.5. The summed E-state index contributed by atoms with van der Waals surface area (Å²) in [5.74, 6) is 0. The van der Waals surface area contributed by atoms with Crippen molar-refractivity contribution in [3.05, 3.63) is 68.7 Å². The van der Waals surface area contributed by atoms with Crippen LogP contribution < -0.4 is 5.32 Å². The number of hydrogen-bond acceptors (Lipinski definition) is 1. The van der Waals surface area contributed by atoms with Gasteiger partial charge in [-0.1, -0.05) is 70.9 Å². The molecule has 0 amide bonds. The van der Waals surface area contributed by atoms with Crippen molar-refractivity contribution in [2.45, 2.75) is 32.7 Å². The Balaban J connectivity index is 2.30. The zero-order chi connectivity index (χ0) is 15.2. The van der Waals surface area contributed by atoms with Gasteiger partial charge in [-0.25, -0.2) is 0 Å². The van der Waals surface area contributed by atoms with E-state index in [1.807, 2.05) is 6.07 Å². The molecule has 112 valence electrons. The van der Waals surface area contributed by atoms with E-state index >= 15 is 0 Å². The van der Waals surface area contributed by atoms with E-state index in [0.29, 0.717) is 0 Å². The van der Waals surface area contributed by atoms with E-state index in [0.717, 1.165) is 34.4 Å². The number of benzene rings is 2. The molecule has 0 heterocycles. The predicted octanol–water partition coefficient (Wildman–Crippen LogP) is 5.69. The topological polar surface area (TPSA) is 12.0 Å². The van der Waals surface area contributed by atoms with Crippen molar-refractivity contribution in [2.24, 2.45) is 0 Å². The maximum Gasteiger partial charge on any atom is 0.0483 e. The monoisotopic (exact) mass is 365 g/mol. The van der Waals surface area contributed by atoms with Gasteiger partial charge in [0.1, 0.15) is 0 Å². The number of halogens is 2. The van der Waals surface area contributed by atoms with Gasteiger partial charge in [0, 0.05) is 15.5 Å². The molecule has 0 saturated heterocycles. The SMILES string of the molecule is CCCNC(Cc1ccccc1Br)c1cccc(C)c1Cl. The molecule has 0 aliphatic rings. The standard InChI is InChI=1S/C18H21BrClN/c1-3-11-21-17(12-14-8-4-5-10-16(14)19)15-9-6-7-13(2)18(15)20/h4-10,17,21H,3,11-12H2,1-2H3. The van der Waals surface area contributed by atoms with Crippen molar-refractivity contribution in [3.63, 3.8) is 0 Å². The van der Waals surface area contributed by atoms with Crippen LogP contribution in [0.4, 0.5) is 0 Å². The van der Waals surface area contributed by atoms with Crippen molar-refractivity contribution >= 4 is 27.5 Å². The molecule has 1 N–H and O–H groups in total. The number of rotatable bonds is 6. The molecule has 0 bridgehead atoms. The Bertz CT molecular complexity index is 598. The van der Waals surface area contributed by atoms with Crippen LogP contribution in [0, 0.1) is 6.92 Å². The van der Waals surface area contributed by atoms with Crippen LogP contribution in [0.1, 0.15) is 36.1 Å². The molecule has 0 aliphatic heterocycles. The minimum atomic E-state index is 0.232. The minimum absolute atomic E-state index is 0.232. The molecule has 2 rings (SSSR count). The summed E-state index contributed by atoms with van der Waals surface area (Å²) in [5, 5.41) is 4.50. The fourth-order valence-electron chi connectivity index (χ4n) is 2.43. The van der Waals surface area contributed by atoms with Gasteiger partial charge in [0.15, 0.2) is 0 Å². The lowest BCUT2D eigenvalue weighted by Gasteiger charge is -2.22. The first-order valence-electron chi connectivity index (χ1n) is 7.35. The van der Waals surface area contributed by atoms with Gasteiger partial charge in [-0.15, -0.1) is 0 Å². The van der Waals surface area contributed by atoms with Crippen LogP contribution in [0.2, 0.25) is 5.02 Å². The molecule has 21 heavy (non-hydrogen) atoms. The average Bonchev–Trinajstić information content (AvgIpc) is 2.48. The van der Waals surface area contributed by atoms with Crippen molar-refractivity contribution in [2.75, 3.05) is 6.54 Å². The molecule has 1 atom stereocenters. The van der Waals surface area contributed by atoms with Gasteiger partial charge in [0.2, 0.25) is 0 Å². The molecule has 0 fully saturated rings. The van der Waals surface area contributed by atoms with Crippen LogP contribution in [-0.4, -0.2) is 6.54 Å². The van der Waals surface area contributed by atoms with Crippen molar-refractivity contribution in [3.8, 4) is 0 Å². The molecular formula is C18H21BrClN. The quantitative estimate of drug-likeness (QED) is 0.692. The van der Waals surface area contributed by atoms with Crippen molar-refractivity contribution < 1.29 is 0 Å². The summed E-state index contributed by atoms with van der Waals surface area (Å²) in [5.41, 5.74) is 3.61. The van der Waals surface area contributed by atoms with E-state index < -0.39 is 0 Å². The third-order valence-electron chi connectivity index (χ3n) is 3.62. The molecule has 0 aliphatic carbocycles. The van der Waals surface area contributed by atoms with Gasteiger partial charge in [0.05, 0.1) is 0 Å². The Morgan fingerprint density at radius 2 is 1.90 bits per heavy atom. The van der Waals surface area contributed by atoms with E-state index in [9.17, 15) is 0 Å². The first kappa shape index (κ1) is 16.5. The molecule has 3 heteroatoms. The van der Waals surface area contributed by atoms with Crippen LogP contribution in [0.15, 0.2) is 46.9 Å². The summed E-state index contributed by atoms with van der Waals surface area (Å²) in [6.45, 7) is 5.22. The highest BCUT2D eigenvalue weighted by Gasteiger charge is 2.16. The molecule has 1 nitrogen and oxygen atoms in total. The highest BCUT2D eigenvalue weighted by atomic mass is 79.9. The second-order valence-electron chi connectivity index (χ2n) is 5.28. The summed E-state index contributed by atoms with van der Waals surface area (Å²) < 4.78 is 1.15. The largest absolute Gasteiger partial charge is 0.310 e. The lowest BCUT2D eigenvalue weighted by Crippen LogP contribution is -2.24. The molecule has 1 unspecified atom stereocenters. The van der Waals surface area contributed by atoms with Gasteiger partial charge < -0.3 is 5.32 Å². The van der Waals surface area contributed by atoms with Gasteiger partial charge in [-0.2, -0.15) is 0 Å². The summed E-state index contributed by atoms with van der Waals surface area (Å²) >= 11 is 10.2. The number of nitrogens with one attached hydrogen (secondary N) is 1. The summed E-state index contributed by atoms with van der Waals surface area (Å²) in [7, 11) is 0. The lowest BCUT2D eigenvalue weighted by atomic mass is 9.97. The molecular weight excluding hydrogens is 346 g/mol. The van der Waals surface area contributed by atoms with Crippen LogP contribution in [0.25, 0.3) is 0 Å². The van der Waals surface area contributed by atoms with Crippen LogP contribution in [-0.2, 0) is 6.42 Å². The van der Waals surface area contributed by atoms with Gasteiger partial charge >= 0.3 is 0 Å². The Hall–Kier alpha value is -0.830. The van der Waals surface area contributed by atoms with Gasteiger partial charge in [0.25, 0.3) is 0 Å². The molecule has 0 spiro atoms. The first-order valence-corrected chi connectivity index (χ1v) is 8.52. The predicted molar refractivity (Wildman–Crippen MR) is 95.1 cm³/mol. The smallest absolute Gasteiger partial charge is 0.0483 e. The lowest BCUT2D eigenvalue weighted by molar-refractivity contribution is 0.528. The fourth-order valence-corrected chi connectivity index (χ4v) is 3.14. The number of aryl methyl sites for hydroxylation is 1. The normalized spacial score (nSPS) is 12.4. The van der Waals surface area contributed by atoms with Crippen LogP contribution >= 0.6 is 27.5 Å². The maximum absolute atomic E-state index is 6.52. The van der Waals surface area contributed by atoms with Crippen LogP contribution in [0.5, 0.6) is 0 Å².